The quantitative estimate of drug-likeness (QED) is 0.509. The summed E-state index contributed by atoms with van der Waals surface area (Å²) in [6.45, 7) is 6.16. The van der Waals surface area contributed by atoms with Gasteiger partial charge in [-0.1, -0.05) is 44.2 Å². The molecule has 3 N–H and O–H groups in total. The zero-order valence-electron chi connectivity index (χ0n) is 17.8. The van der Waals surface area contributed by atoms with Crippen molar-refractivity contribution in [1.29, 1.82) is 0 Å². The third kappa shape index (κ3) is 4.85. The maximum Gasteiger partial charge on any atom is 0.251 e. The Morgan fingerprint density at radius 1 is 1.10 bits per heavy atom. The van der Waals surface area contributed by atoms with Crippen molar-refractivity contribution in [3.05, 3.63) is 70.3 Å². The molecule has 5 nitrogen and oxygen atoms in total. The molecule has 0 saturated carbocycles. The third-order valence-electron chi connectivity index (χ3n) is 6.21. The molecule has 1 saturated heterocycles. The van der Waals surface area contributed by atoms with Crippen LogP contribution in [0.25, 0.3) is 22.0 Å². The zero-order chi connectivity index (χ0) is 22.2. The summed E-state index contributed by atoms with van der Waals surface area (Å²) in [5.41, 5.74) is 2.02. The van der Waals surface area contributed by atoms with Crippen LogP contribution in [0.3, 0.4) is 0 Å². The number of fused-ring (bicyclic) bond motifs is 1. The Kier molecular flexibility index (Phi) is 6.21. The van der Waals surface area contributed by atoms with Gasteiger partial charge in [0.05, 0.1) is 11.5 Å². The highest BCUT2D eigenvalue weighted by Crippen LogP contribution is 2.40. The number of pyridine rings is 1. The molecular weight excluding hydrogens is 415 g/mol. The predicted octanol–water partition coefficient (Wildman–Crippen LogP) is 5.14. The zero-order valence-corrected chi connectivity index (χ0v) is 18.7. The van der Waals surface area contributed by atoms with Crippen LogP contribution in [-0.2, 0) is 0 Å². The molecule has 1 aliphatic rings. The molecule has 1 aromatic heterocycles. The Morgan fingerprint density at radius 2 is 1.84 bits per heavy atom. The number of rotatable bonds is 5. The number of benzene rings is 2. The van der Waals surface area contributed by atoms with E-state index in [0.717, 1.165) is 16.5 Å². The second-order valence-corrected chi connectivity index (χ2v) is 11.1. The summed E-state index contributed by atoms with van der Waals surface area (Å²) in [5.74, 6) is 0.795. The maximum atomic E-state index is 14.2. The molecule has 1 aliphatic heterocycles. The van der Waals surface area contributed by atoms with Crippen molar-refractivity contribution in [2.24, 2.45) is 5.92 Å². The second kappa shape index (κ2) is 8.74. The van der Waals surface area contributed by atoms with Gasteiger partial charge in [0.25, 0.3) is 5.56 Å². The number of nitrogens with one attached hydrogen (secondary N) is 1. The van der Waals surface area contributed by atoms with Crippen molar-refractivity contribution in [2.45, 2.75) is 19.8 Å². The van der Waals surface area contributed by atoms with Crippen molar-refractivity contribution in [1.82, 2.24) is 9.88 Å². The number of H-pyrrole nitrogens is 1. The van der Waals surface area contributed by atoms with Gasteiger partial charge >= 0.3 is 0 Å². The van der Waals surface area contributed by atoms with Crippen molar-refractivity contribution < 1.29 is 13.5 Å². The van der Waals surface area contributed by atoms with Gasteiger partial charge in [0, 0.05) is 42.2 Å². The molecule has 31 heavy (non-hydrogen) atoms. The highest BCUT2D eigenvalue weighted by atomic mass is 32.3. The summed E-state index contributed by atoms with van der Waals surface area (Å²) < 4.78 is 33.9. The first-order valence-corrected chi connectivity index (χ1v) is 12.5. The monoisotopic (exact) mass is 444 g/mol. The Balaban J connectivity index is 1.60. The van der Waals surface area contributed by atoms with Gasteiger partial charge in [-0.2, -0.15) is 10.6 Å². The molecule has 0 spiro atoms. The van der Waals surface area contributed by atoms with Crippen LogP contribution in [0.15, 0.2) is 53.3 Å². The van der Waals surface area contributed by atoms with E-state index >= 15 is 0 Å². The van der Waals surface area contributed by atoms with Crippen molar-refractivity contribution >= 4 is 21.4 Å². The number of aromatic amines is 1. The number of nitrogens with zero attached hydrogens (tertiary/aromatic N) is 1. The summed E-state index contributed by atoms with van der Waals surface area (Å²) >= 11 is 0. The summed E-state index contributed by atoms with van der Waals surface area (Å²) in [7, 11) is -2.44. The lowest BCUT2D eigenvalue weighted by atomic mass is 9.88. The fourth-order valence-corrected chi connectivity index (χ4v) is 5.55. The lowest BCUT2D eigenvalue weighted by molar-refractivity contribution is 0.247. The molecule has 2 heterocycles. The van der Waals surface area contributed by atoms with Gasteiger partial charge in [-0.15, -0.1) is 0 Å². The van der Waals surface area contributed by atoms with Crippen LogP contribution in [0.5, 0.6) is 0 Å². The predicted molar refractivity (Wildman–Crippen MR) is 127 cm³/mol. The number of halogens is 1. The minimum absolute atomic E-state index is 0.0340. The van der Waals surface area contributed by atoms with Gasteiger partial charge in [0.2, 0.25) is 0 Å². The average Bonchev–Trinajstić information content (AvgIpc) is 2.73. The van der Waals surface area contributed by atoms with Gasteiger partial charge in [0.15, 0.2) is 0 Å². The van der Waals surface area contributed by atoms with E-state index in [1.165, 1.54) is 6.07 Å². The van der Waals surface area contributed by atoms with E-state index in [0.29, 0.717) is 42.2 Å². The molecule has 0 radical (unpaired) electrons. The van der Waals surface area contributed by atoms with Crippen molar-refractivity contribution in [3.8, 4) is 11.3 Å². The molecule has 0 amide bonds. The van der Waals surface area contributed by atoms with Crippen LogP contribution in [0.2, 0.25) is 0 Å². The average molecular weight is 445 g/mol. The van der Waals surface area contributed by atoms with Crippen LogP contribution in [0.4, 0.5) is 4.39 Å². The molecule has 0 bridgehead atoms. The van der Waals surface area contributed by atoms with Crippen LogP contribution in [-0.4, -0.2) is 50.1 Å². The summed E-state index contributed by atoms with van der Waals surface area (Å²) in [6.07, 6.45) is 0. The molecule has 1 unspecified atom stereocenters. The molecular formula is C24H29FN2O3S. The van der Waals surface area contributed by atoms with E-state index in [9.17, 15) is 18.3 Å². The van der Waals surface area contributed by atoms with E-state index in [-0.39, 0.29) is 23.2 Å². The first-order chi connectivity index (χ1) is 14.7. The fourth-order valence-electron chi connectivity index (χ4n) is 4.24. The van der Waals surface area contributed by atoms with E-state index in [2.05, 4.69) is 23.7 Å². The minimum atomic E-state index is -2.44. The molecule has 4 rings (SSSR count). The second-order valence-electron chi connectivity index (χ2n) is 8.69. The van der Waals surface area contributed by atoms with Crippen LogP contribution < -0.4 is 5.56 Å². The smallest absolute Gasteiger partial charge is 0.251 e. The SMILES string of the molecule is CC(C)C(CN1CCS(O)(O)CC1)c1ccc(-c2ccc3cccc(F)c3c2)[nH]c1=O. The highest BCUT2D eigenvalue weighted by Gasteiger charge is 2.27. The van der Waals surface area contributed by atoms with Crippen LogP contribution in [0, 0.1) is 11.7 Å². The van der Waals surface area contributed by atoms with Gasteiger partial charge in [-0.3, -0.25) is 18.8 Å². The maximum absolute atomic E-state index is 14.2. The summed E-state index contributed by atoms with van der Waals surface area (Å²) in [6, 6.07) is 14.3. The van der Waals surface area contributed by atoms with Gasteiger partial charge in [0.1, 0.15) is 5.82 Å². The lowest BCUT2D eigenvalue weighted by Crippen LogP contribution is -2.42. The Hall–Kier alpha value is -2.19. The Bertz CT molecular complexity index is 1140. The van der Waals surface area contributed by atoms with E-state index in [4.69, 9.17) is 0 Å². The molecule has 1 atom stereocenters. The first-order valence-electron chi connectivity index (χ1n) is 10.6. The van der Waals surface area contributed by atoms with Crippen molar-refractivity contribution in [2.75, 3.05) is 31.1 Å². The molecule has 7 heteroatoms. The highest BCUT2D eigenvalue weighted by molar-refractivity contribution is 8.24. The number of hydrogen-bond donors (Lipinski definition) is 3. The molecule has 166 valence electrons. The largest absolute Gasteiger partial charge is 0.322 e. The molecule has 3 aromatic rings. The lowest BCUT2D eigenvalue weighted by Gasteiger charge is -2.42. The van der Waals surface area contributed by atoms with E-state index in [1.54, 1.807) is 12.1 Å². The topological polar surface area (TPSA) is 76.6 Å². The molecule has 1 fully saturated rings. The van der Waals surface area contributed by atoms with E-state index in [1.807, 2.05) is 30.3 Å². The van der Waals surface area contributed by atoms with Crippen molar-refractivity contribution in [3.63, 3.8) is 0 Å². The third-order valence-corrected chi connectivity index (χ3v) is 7.88. The van der Waals surface area contributed by atoms with Crippen LogP contribution >= 0.6 is 10.6 Å². The fraction of sp³-hybridized carbons (Fsp3) is 0.375. The summed E-state index contributed by atoms with van der Waals surface area (Å²) in [5, 5.41) is 1.35. The van der Waals surface area contributed by atoms with Crippen LogP contribution in [0.1, 0.15) is 25.3 Å². The standard InChI is InChI=1S/C24H29FN2O3S/c1-16(2)21(15-27-10-12-31(29,30)13-11-27)19-8-9-23(26-24(19)28)18-7-6-17-4-3-5-22(25)20(17)14-18/h3-9,14,16,21,29-30H,10-13,15H2,1-2H3,(H,26,28). The number of hydrogen-bond acceptors (Lipinski definition) is 4. The van der Waals surface area contributed by atoms with Gasteiger partial charge < -0.3 is 4.98 Å². The van der Waals surface area contributed by atoms with E-state index < -0.39 is 10.6 Å². The normalized spacial score (nSPS) is 18.9. The first kappa shape index (κ1) is 22.0. The minimum Gasteiger partial charge on any atom is -0.322 e. The number of aromatic nitrogens is 1. The molecule has 2 aromatic carbocycles. The Morgan fingerprint density at radius 3 is 2.52 bits per heavy atom. The summed E-state index contributed by atoms with van der Waals surface area (Å²) in [4.78, 5) is 18.2. The van der Waals surface area contributed by atoms with Gasteiger partial charge in [-0.25, -0.2) is 4.39 Å². The molecule has 0 aliphatic carbocycles. The Labute approximate surface area is 183 Å². The van der Waals surface area contributed by atoms with Gasteiger partial charge in [-0.05, 0) is 35.1 Å².